The molecule has 1 aromatic carbocycles. The van der Waals surface area contributed by atoms with Crippen LogP contribution in [0.25, 0.3) is 0 Å². The molecule has 1 fully saturated rings. The molecule has 1 saturated heterocycles. The highest BCUT2D eigenvalue weighted by molar-refractivity contribution is 5.23. The molecule has 4 heteroatoms. The topological polar surface area (TPSA) is 58.7 Å². The molecule has 1 heterocycles. The van der Waals surface area contributed by atoms with E-state index in [1.807, 2.05) is 0 Å². The predicted molar refractivity (Wildman–Crippen MR) is 80.6 cm³/mol. The van der Waals surface area contributed by atoms with Crippen LogP contribution >= 0.6 is 0 Å². The molecule has 3 unspecified atom stereocenters. The van der Waals surface area contributed by atoms with Crippen molar-refractivity contribution in [2.24, 2.45) is 5.73 Å². The number of nitrogens with zero attached hydrogens (tertiary/aromatic N) is 1. The van der Waals surface area contributed by atoms with E-state index < -0.39 is 0 Å². The molecule has 0 spiro atoms. The van der Waals surface area contributed by atoms with E-state index in [4.69, 9.17) is 10.5 Å². The lowest BCUT2D eigenvalue weighted by atomic mass is 10.0. The Morgan fingerprint density at radius 2 is 2.10 bits per heavy atom. The number of aliphatic hydroxyl groups excluding tert-OH is 1. The monoisotopic (exact) mass is 278 g/mol. The van der Waals surface area contributed by atoms with Gasteiger partial charge < -0.3 is 15.6 Å². The van der Waals surface area contributed by atoms with Crippen LogP contribution in [0.2, 0.25) is 0 Å². The van der Waals surface area contributed by atoms with Crippen LogP contribution in [0, 0.1) is 6.92 Å². The second kappa shape index (κ2) is 7.18. The van der Waals surface area contributed by atoms with Crippen LogP contribution in [0.1, 0.15) is 30.5 Å². The van der Waals surface area contributed by atoms with E-state index in [1.54, 1.807) is 0 Å². The number of nitrogens with two attached hydrogens (primary N) is 1. The molecule has 112 valence electrons. The van der Waals surface area contributed by atoms with Gasteiger partial charge >= 0.3 is 0 Å². The van der Waals surface area contributed by atoms with Gasteiger partial charge in [0.15, 0.2) is 0 Å². The average Bonchev–Trinajstić information content (AvgIpc) is 2.47. The fraction of sp³-hybridized carbons (Fsp3) is 0.625. The molecule has 2 rings (SSSR count). The Labute approximate surface area is 121 Å². The predicted octanol–water partition coefficient (Wildman–Crippen LogP) is 1.47. The van der Waals surface area contributed by atoms with Crippen molar-refractivity contribution >= 4 is 0 Å². The first-order chi connectivity index (χ1) is 9.60. The number of hydrogen-bond acceptors (Lipinski definition) is 4. The molecule has 0 saturated carbocycles. The first kappa shape index (κ1) is 15.4. The van der Waals surface area contributed by atoms with Gasteiger partial charge in [0.1, 0.15) is 0 Å². The minimum atomic E-state index is -0.0539. The van der Waals surface area contributed by atoms with Crippen LogP contribution in [0.3, 0.4) is 0 Å². The van der Waals surface area contributed by atoms with Crippen molar-refractivity contribution in [3.8, 4) is 0 Å². The highest BCUT2D eigenvalue weighted by Gasteiger charge is 2.25. The van der Waals surface area contributed by atoms with Crippen LogP contribution in [0.15, 0.2) is 24.3 Å². The third-order valence-corrected chi connectivity index (χ3v) is 4.07. The largest absolute Gasteiger partial charge is 0.394 e. The Balaban J connectivity index is 1.85. The van der Waals surface area contributed by atoms with Crippen LogP contribution in [-0.2, 0) is 4.74 Å². The Bertz CT molecular complexity index is 407. The van der Waals surface area contributed by atoms with Gasteiger partial charge in [0.05, 0.1) is 19.3 Å². The van der Waals surface area contributed by atoms with Crippen LogP contribution in [0.4, 0.5) is 0 Å². The maximum absolute atomic E-state index is 9.20. The van der Waals surface area contributed by atoms with Crippen molar-refractivity contribution in [3.63, 3.8) is 0 Å². The fourth-order valence-corrected chi connectivity index (χ4v) is 2.58. The zero-order valence-electron chi connectivity index (χ0n) is 12.5. The van der Waals surface area contributed by atoms with Crippen molar-refractivity contribution < 1.29 is 9.84 Å². The quantitative estimate of drug-likeness (QED) is 0.856. The third kappa shape index (κ3) is 4.03. The zero-order chi connectivity index (χ0) is 14.5. The molecule has 4 nitrogen and oxygen atoms in total. The van der Waals surface area contributed by atoms with Crippen molar-refractivity contribution in [2.45, 2.75) is 38.5 Å². The number of aliphatic hydroxyl groups is 1. The summed E-state index contributed by atoms with van der Waals surface area (Å²) in [5, 5.41) is 9.20. The molecular formula is C16H26N2O2. The van der Waals surface area contributed by atoms with E-state index in [0.717, 1.165) is 19.5 Å². The van der Waals surface area contributed by atoms with E-state index in [-0.39, 0.29) is 18.8 Å². The minimum Gasteiger partial charge on any atom is -0.394 e. The van der Waals surface area contributed by atoms with Gasteiger partial charge in [-0.15, -0.1) is 0 Å². The van der Waals surface area contributed by atoms with E-state index in [1.165, 1.54) is 11.1 Å². The van der Waals surface area contributed by atoms with E-state index in [9.17, 15) is 5.11 Å². The van der Waals surface area contributed by atoms with E-state index >= 15 is 0 Å². The van der Waals surface area contributed by atoms with Crippen LogP contribution < -0.4 is 5.73 Å². The standard InChI is InChI=1S/C16H26N2O2/c1-12-3-5-14(6-4-12)16(17)7-8-18-9-15(10-19)20-11-13(18)2/h3-6,13,15-16,19H,7-11,17H2,1-2H3. The summed E-state index contributed by atoms with van der Waals surface area (Å²) in [7, 11) is 0. The number of morpholine rings is 1. The van der Waals surface area contributed by atoms with E-state index in [2.05, 4.69) is 43.0 Å². The zero-order valence-corrected chi connectivity index (χ0v) is 12.5. The molecule has 0 radical (unpaired) electrons. The number of rotatable bonds is 5. The summed E-state index contributed by atoms with van der Waals surface area (Å²) in [5.41, 5.74) is 8.72. The average molecular weight is 278 g/mol. The van der Waals surface area contributed by atoms with Crippen molar-refractivity contribution in [2.75, 3.05) is 26.3 Å². The lowest BCUT2D eigenvalue weighted by Crippen LogP contribution is -2.50. The van der Waals surface area contributed by atoms with Gasteiger partial charge in [0.2, 0.25) is 0 Å². The first-order valence-electron chi connectivity index (χ1n) is 7.38. The summed E-state index contributed by atoms with van der Waals surface area (Å²) in [6, 6.07) is 8.89. The van der Waals surface area contributed by atoms with Gasteiger partial charge in [-0.2, -0.15) is 0 Å². The summed E-state index contributed by atoms with van der Waals surface area (Å²) < 4.78 is 5.55. The first-order valence-corrected chi connectivity index (χ1v) is 7.38. The van der Waals surface area contributed by atoms with Gasteiger partial charge in [-0.05, 0) is 25.8 Å². The molecule has 1 aromatic rings. The molecule has 1 aliphatic heterocycles. The smallest absolute Gasteiger partial charge is 0.0933 e. The minimum absolute atomic E-state index is 0.0539. The summed E-state index contributed by atoms with van der Waals surface area (Å²) >= 11 is 0. The molecule has 0 aliphatic carbocycles. The van der Waals surface area contributed by atoms with E-state index in [0.29, 0.717) is 12.6 Å². The Morgan fingerprint density at radius 3 is 2.75 bits per heavy atom. The highest BCUT2D eigenvalue weighted by atomic mass is 16.5. The molecule has 1 aliphatic rings. The van der Waals surface area contributed by atoms with Gasteiger partial charge in [-0.3, -0.25) is 4.90 Å². The Morgan fingerprint density at radius 1 is 1.40 bits per heavy atom. The maximum atomic E-state index is 9.20. The SMILES string of the molecule is Cc1ccc(C(N)CCN2CC(CO)OCC2C)cc1. The molecule has 0 aromatic heterocycles. The molecule has 3 N–H and O–H groups in total. The molecule has 3 atom stereocenters. The number of benzene rings is 1. The molecule has 0 bridgehead atoms. The van der Waals surface area contributed by atoms with Crippen molar-refractivity contribution in [1.29, 1.82) is 0 Å². The maximum Gasteiger partial charge on any atom is 0.0933 e. The summed E-state index contributed by atoms with van der Waals surface area (Å²) in [4.78, 5) is 2.36. The van der Waals surface area contributed by atoms with Crippen LogP contribution in [-0.4, -0.2) is 48.5 Å². The second-order valence-electron chi connectivity index (χ2n) is 5.79. The highest BCUT2D eigenvalue weighted by Crippen LogP contribution is 2.18. The number of ether oxygens (including phenoxy) is 1. The normalized spacial score (nSPS) is 25.6. The van der Waals surface area contributed by atoms with Gasteiger partial charge in [-0.1, -0.05) is 29.8 Å². The van der Waals surface area contributed by atoms with Gasteiger partial charge in [0, 0.05) is 25.2 Å². The number of aryl methyl sites for hydroxylation is 1. The Kier molecular flexibility index (Phi) is 5.54. The van der Waals surface area contributed by atoms with Crippen LogP contribution in [0.5, 0.6) is 0 Å². The van der Waals surface area contributed by atoms with Gasteiger partial charge in [0.25, 0.3) is 0 Å². The molecular weight excluding hydrogens is 252 g/mol. The summed E-state index contributed by atoms with van der Waals surface area (Å²) in [5.74, 6) is 0. The summed E-state index contributed by atoms with van der Waals surface area (Å²) in [6.45, 7) is 6.75. The van der Waals surface area contributed by atoms with Crippen molar-refractivity contribution in [1.82, 2.24) is 4.90 Å². The molecule has 20 heavy (non-hydrogen) atoms. The second-order valence-corrected chi connectivity index (χ2v) is 5.79. The lowest BCUT2D eigenvalue weighted by Gasteiger charge is -2.37. The third-order valence-electron chi connectivity index (χ3n) is 4.07. The lowest BCUT2D eigenvalue weighted by molar-refractivity contribution is -0.0782. The Hall–Kier alpha value is -0.940. The van der Waals surface area contributed by atoms with Crippen molar-refractivity contribution in [3.05, 3.63) is 35.4 Å². The molecule has 0 amide bonds. The number of hydrogen-bond donors (Lipinski definition) is 2. The fourth-order valence-electron chi connectivity index (χ4n) is 2.58. The summed E-state index contributed by atoms with van der Waals surface area (Å²) in [6.07, 6.45) is 0.868. The van der Waals surface area contributed by atoms with Gasteiger partial charge in [-0.25, -0.2) is 0 Å².